The lowest BCUT2D eigenvalue weighted by molar-refractivity contribution is -0.339. The summed E-state index contributed by atoms with van der Waals surface area (Å²) in [5.41, 5.74) is 0. The molecule has 3 unspecified atom stereocenters. The monoisotopic (exact) mass is 384 g/mol. The van der Waals surface area contributed by atoms with Gasteiger partial charge in [0.25, 0.3) is 7.82 Å². The predicted molar refractivity (Wildman–Crippen MR) is 62.6 cm³/mol. The van der Waals surface area contributed by atoms with E-state index in [0.29, 0.717) is 0 Å². The maximum atomic E-state index is 11.5. The van der Waals surface area contributed by atoms with Crippen molar-refractivity contribution >= 4 is 34.2 Å². The molecule has 0 bridgehead atoms. The Morgan fingerprint density at radius 2 is 1.86 bits per heavy atom. The van der Waals surface area contributed by atoms with Crippen LogP contribution in [0.15, 0.2) is 0 Å². The normalized spacial score (nSPS) is 32.6. The van der Waals surface area contributed by atoms with Gasteiger partial charge in [-0.2, -0.15) is 0 Å². The molecule has 0 aromatic heterocycles. The lowest BCUT2D eigenvalue weighted by Crippen LogP contribution is -2.27. The van der Waals surface area contributed by atoms with Crippen molar-refractivity contribution in [2.45, 2.75) is 31.7 Å². The zero-order valence-corrected chi connectivity index (χ0v) is 13.9. The molecular formula is C6H11O11P3S-4. The molecule has 15 heteroatoms. The molecule has 0 aromatic rings. The molecule has 1 heterocycles. The summed E-state index contributed by atoms with van der Waals surface area (Å²) < 4.78 is 37.6. The van der Waals surface area contributed by atoms with Gasteiger partial charge in [0.2, 0.25) is 0 Å². The van der Waals surface area contributed by atoms with E-state index < -0.39 is 41.2 Å². The Bertz CT molecular complexity index is 504. The van der Waals surface area contributed by atoms with Gasteiger partial charge in [-0.05, 0) is 6.92 Å². The van der Waals surface area contributed by atoms with Crippen molar-refractivity contribution in [3.63, 3.8) is 0 Å². The van der Waals surface area contributed by atoms with Crippen LogP contribution < -0.4 is 19.6 Å². The Kier molecular flexibility index (Phi) is 6.70. The van der Waals surface area contributed by atoms with Gasteiger partial charge in [0.1, 0.15) is 12.8 Å². The molecule has 21 heavy (non-hydrogen) atoms. The second-order valence-corrected chi connectivity index (χ2v) is 9.68. The Labute approximate surface area is 124 Å². The summed E-state index contributed by atoms with van der Waals surface area (Å²) in [5, 5.41) is 9.51. The molecule has 0 aromatic carbocycles. The number of hydrogen-bond donors (Lipinski definition) is 1. The lowest BCUT2D eigenvalue weighted by Gasteiger charge is -2.39. The van der Waals surface area contributed by atoms with E-state index in [9.17, 15) is 33.8 Å². The Morgan fingerprint density at radius 1 is 1.29 bits per heavy atom. The standard InChI is InChI=1S/C6H15O11P3S/c1-4-2-5(7)6(15-4)3-14-20(13,21)17-19(11,12)16-18(8,9)10/h4-7H,2-3H2,1H3,(H,11,12)(H,13,21)(H2,8,9,10)/p-4/t4-,5?,6+,20?/m0/s1. The zero-order valence-electron chi connectivity index (χ0n) is 10.4. The Morgan fingerprint density at radius 3 is 2.29 bits per heavy atom. The van der Waals surface area contributed by atoms with Crippen LogP contribution in [0.2, 0.25) is 0 Å². The number of ether oxygens (including phenoxy) is 1. The zero-order chi connectivity index (χ0) is 16.5. The van der Waals surface area contributed by atoms with Crippen molar-refractivity contribution in [3.05, 3.63) is 0 Å². The first kappa shape index (κ1) is 19.8. The third kappa shape index (κ3) is 7.71. The average Bonchev–Trinajstić information content (AvgIpc) is 2.48. The van der Waals surface area contributed by atoms with Crippen LogP contribution in [-0.4, -0.2) is 30.0 Å². The molecule has 5 atom stereocenters. The van der Waals surface area contributed by atoms with Crippen molar-refractivity contribution < 1.29 is 51.7 Å². The molecular weight excluding hydrogens is 373 g/mol. The number of hydrogen-bond acceptors (Lipinski definition) is 12. The third-order valence-electron chi connectivity index (χ3n) is 2.21. The molecule has 1 fully saturated rings. The molecule has 11 nitrogen and oxygen atoms in total. The summed E-state index contributed by atoms with van der Waals surface area (Å²) in [4.78, 5) is 42.9. The van der Waals surface area contributed by atoms with E-state index >= 15 is 0 Å². The molecule has 0 saturated carbocycles. The molecule has 126 valence electrons. The van der Waals surface area contributed by atoms with Gasteiger partial charge in [0.05, 0.1) is 26.6 Å². The molecule has 0 spiro atoms. The molecule has 0 radical (unpaired) electrons. The third-order valence-corrected chi connectivity index (χ3v) is 6.79. The minimum absolute atomic E-state index is 0.287. The van der Waals surface area contributed by atoms with Crippen molar-refractivity contribution in [1.29, 1.82) is 0 Å². The summed E-state index contributed by atoms with van der Waals surface area (Å²) in [6, 6.07) is 0. The van der Waals surface area contributed by atoms with Crippen molar-refractivity contribution in [2.75, 3.05) is 6.61 Å². The van der Waals surface area contributed by atoms with Crippen LogP contribution in [0.25, 0.3) is 0 Å². The second kappa shape index (κ2) is 7.11. The first-order valence-electron chi connectivity index (χ1n) is 5.34. The highest BCUT2D eigenvalue weighted by Gasteiger charge is 2.32. The van der Waals surface area contributed by atoms with Crippen molar-refractivity contribution in [1.82, 2.24) is 0 Å². The molecule has 1 saturated heterocycles. The largest absolute Gasteiger partial charge is 0.790 e. The Balaban J connectivity index is 2.56. The molecule has 1 aliphatic heterocycles. The lowest BCUT2D eigenvalue weighted by atomic mass is 10.1. The summed E-state index contributed by atoms with van der Waals surface area (Å²) in [6.45, 7) is -3.60. The molecule has 1 rings (SSSR count). The maximum absolute atomic E-state index is 11.5. The van der Waals surface area contributed by atoms with Gasteiger partial charge < -0.3 is 38.5 Å². The maximum Gasteiger partial charge on any atom is 0.276 e. The molecule has 1 aliphatic rings. The topological polar surface area (TPSA) is 184 Å². The van der Waals surface area contributed by atoms with Crippen LogP contribution in [0.4, 0.5) is 0 Å². The van der Waals surface area contributed by atoms with Crippen LogP contribution in [0.1, 0.15) is 13.3 Å². The highest BCUT2D eigenvalue weighted by molar-refractivity contribution is 8.07. The van der Waals surface area contributed by atoms with Crippen LogP contribution in [0.3, 0.4) is 0 Å². The number of aliphatic hydroxyl groups is 1. The van der Waals surface area contributed by atoms with Gasteiger partial charge in [-0.25, -0.2) is 0 Å². The summed E-state index contributed by atoms with van der Waals surface area (Å²) in [7, 11) is -11.7. The number of phosphoric acid groups is 2. The van der Waals surface area contributed by atoms with Crippen LogP contribution >= 0.6 is 22.4 Å². The smallest absolute Gasteiger partial charge is 0.276 e. The van der Waals surface area contributed by atoms with E-state index in [1.807, 2.05) is 0 Å². The van der Waals surface area contributed by atoms with E-state index in [1.165, 1.54) is 0 Å². The van der Waals surface area contributed by atoms with Gasteiger partial charge in [0, 0.05) is 6.42 Å². The van der Waals surface area contributed by atoms with E-state index in [4.69, 9.17) is 4.74 Å². The van der Waals surface area contributed by atoms with E-state index in [2.05, 4.69) is 25.0 Å². The summed E-state index contributed by atoms with van der Waals surface area (Å²) in [5.74, 6) is 0. The van der Waals surface area contributed by atoms with Crippen LogP contribution in [0, 0.1) is 0 Å². The first-order chi connectivity index (χ1) is 9.30. The Hall–Kier alpha value is 0.750. The predicted octanol–water partition coefficient (Wildman–Crippen LogP) is -2.54. The highest BCUT2D eigenvalue weighted by atomic mass is 32.5. The first-order valence-corrected chi connectivity index (χ1v) is 10.8. The second-order valence-electron chi connectivity index (χ2n) is 4.09. The van der Waals surface area contributed by atoms with Gasteiger partial charge in [-0.3, -0.25) is 13.2 Å². The van der Waals surface area contributed by atoms with Crippen LogP contribution in [-0.2, 0) is 38.8 Å². The number of aliphatic hydroxyl groups excluding tert-OH is 1. The fourth-order valence-corrected chi connectivity index (χ4v) is 5.32. The molecule has 1 N–H and O–H groups in total. The fraction of sp³-hybridized carbons (Fsp3) is 1.00. The number of rotatable bonds is 7. The minimum atomic E-state index is -5.92. The highest BCUT2D eigenvalue weighted by Crippen LogP contribution is 2.60. The van der Waals surface area contributed by atoms with E-state index in [-0.39, 0.29) is 12.5 Å². The SMILES string of the molecule is C[C@H]1CC(O)[C@@H](COP([O-])(=S)OP(=O)([O-])OP(=O)([O-])[O-])O1. The molecule has 0 aliphatic carbocycles. The van der Waals surface area contributed by atoms with Gasteiger partial charge in [-0.1, -0.05) is 11.8 Å². The minimum Gasteiger partial charge on any atom is -0.790 e. The summed E-state index contributed by atoms with van der Waals surface area (Å²) in [6.07, 6.45) is -1.85. The van der Waals surface area contributed by atoms with Gasteiger partial charge in [-0.15, -0.1) is 0 Å². The summed E-state index contributed by atoms with van der Waals surface area (Å²) >= 11 is 4.21. The molecule has 0 amide bonds. The van der Waals surface area contributed by atoms with Gasteiger partial charge >= 0.3 is 0 Å². The van der Waals surface area contributed by atoms with Gasteiger partial charge in [0.15, 0.2) is 0 Å². The van der Waals surface area contributed by atoms with Crippen molar-refractivity contribution in [2.24, 2.45) is 0 Å². The average molecular weight is 384 g/mol. The van der Waals surface area contributed by atoms with E-state index in [0.717, 1.165) is 0 Å². The van der Waals surface area contributed by atoms with Crippen molar-refractivity contribution in [3.8, 4) is 0 Å². The van der Waals surface area contributed by atoms with E-state index in [1.54, 1.807) is 6.92 Å². The van der Waals surface area contributed by atoms with Crippen LogP contribution in [0.5, 0.6) is 0 Å². The fourth-order valence-electron chi connectivity index (χ4n) is 1.54. The quantitative estimate of drug-likeness (QED) is 0.454.